The minimum absolute atomic E-state index is 0.602. The summed E-state index contributed by atoms with van der Waals surface area (Å²) in [6, 6.07) is 5.97. The highest BCUT2D eigenvalue weighted by Gasteiger charge is 2.24. The molecule has 1 aromatic carbocycles. The molecule has 3 heteroatoms. The average Bonchev–Trinajstić information content (AvgIpc) is 2.83. The third kappa shape index (κ3) is 2.25. The van der Waals surface area contributed by atoms with E-state index in [1.807, 2.05) is 18.2 Å². The summed E-state index contributed by atoms with van der Waals surface area (Å²) in [5.74, 6) is 1.59. The summed E-state index contributed by atoms with van der Waals surface area (Å²) in [6.45, 7) is 4.52. The van der Waals surface area contributed by atoms with Crippen LogP contribution in [0.15, 0.2) is 18.2 Å². The quantitative estimate of drug-likeness (QED) is 0.792. The zero-order valence-corrected chi connectivity index (χ0v) is 10.2. The van der Waals surface area contributed by atoms with Crippen LogP contribution in [0.1, 0.15) is 18.4 Å². The Labute approximate surface area is 103 Å². The smallest absolute Gasteiger partial charge is 0.124 e. The van der Waals surface area contributed by atoms with Crippen molar-refractivity contribution in [3.8, 4) is 5.75 Å². The molecule has 1 unspecified atom stereocenters. The topological polar surface area (TPSA) is 38.5 Å². The lowest BCUT2D eigenvalue weighted by atomic mass is 9.95. The zero-order chi connectivity index (χ0) is 11.7. The molecule has 1 fully saturated rings. The molecular weight excluding hydrogens is 212 g/mol. The van der Waals surface area contributed by atoms with Gasteiger partial charge in [0.15, 0.2) is 0 Å². The number of nitrogens with zero attached hydrogens (tertiary/aromatic N) is 1. The summed E-state index contributed by atoms with van der Waals surface area (Å²) in [5.41, 5.74) is 8.11. The van der Waals surface area contributed by atoms with Crippen molar-refractivity contribution in [2.75, 3.05) is 32.0 Å². The lowest BCUT2D eigenvalue weighted by Crippen LogP contribution is -2.33. The van der Waals surface area contributed by atoms with Gasteiger partial charge in [0.2, 0.25) is 0 Å². The molecule has 3 rings (SSSR count). The van der Waals surface area contributed by atoms with Crippen LogP contribution in [-0.2, 0) is 6.42 Å². The van der Waals surface area contributed by atoms with Crippen LogP contribution < -0.4 is 10.5 Å². The fraction of sp³-hybridized carbons (Fsp3) is 0.571. The van der Waals surface area contributed by atoms with E-state index in [-0.39, 0.29) is 0 Å². The third-order valence-corrected chi connectivity index (χ3v) is 3.85. The monoisotopic (exact) mass is 232 g/mol. The molecule has 0 aromatic heterocycles. The molecule has 2 aliphatic heterocycles. The predicted molar refractivity (Wildman–Crippen MR) is 69.2 cm³/mol. The van der Waals surface area contributed by atoms with E-state index >= 15 is 0 Å². The lowest BCUT2D eigenvalue weighted by molar-refractivity contribution is 0.176. The molecule has 92 valence electrons. The Morgan fingerprint density at radius 2 is 2.12 bits per heavy atom. The highest BCUT2D eigenvalue weighted by Crippen LogP contribution is 2.32. The van der Waals surface area contributed by atoms with Gasteiger partial charge in [0.1, 0.15) is 5.75 Å². The van der Waals surface area contributed by atoms with Gasteiger partial charge >= 0.3 is 0 Å². The highest BCUT2D eigenvalue weighted by molar-refractivity contribution is 5.55. The van der Waals surface area contributed by atoms with Crippen molar-refractivity contribution in [2.45, 2.75) is 19.3 Å². The molecule has 2 aliphatic rings. The largest absolute Gasteiger partial charge is 0.493 e. The van der Waals surface area contributed by atoms with Crippen LogP contribution in [0.4, 0.5) is 5.69 Å². The highest BCUT2D eigenvalue weighted by atomic mass is 16.5. The zero-order valence-electron chi connectivity index (χ0n) is 10.2. The van der Waals surface area contributed by atoms with E-state index in [4.69, 9.17) is 10.5 Å². The molecule has 0 saturated carbocycles. The Hall–Kier alpha value is -1.22. The SMILES string of the molecule is Nc1cccc2c1CC(CN1CCCC1)CO2. The molecule has 17 heavy (non-hydrogen) atoms. The van der Waals surface area contributed by atoms with Crippen molar-refractivity contribution in [1.29, 1.82) is 0 Å². The molecule has 3 nitrogen and oxygen atoms in total. The third-order valence-electron chi connectivity index (χ3n) is 3.85. The molecule has 1 atom stereocenters. The summed E-state index contributed by atoms with van der Waals surface area (Å²) in [7, 11) is 0. The Kier molecular flexibility index (Phi) is 2.93. The molecule has 1 saturated heterocycles. The number of nitrogen functional groups attached to an aromatic ring is 1. The van der Waals surface area contributed by atoms with Crippen LogP contribution in [0.3, 0.4) is 0 Å². The van der Waals surface area contributed by atoms with Crippen molar-refractivity contribution < 1.29 is 4.74 Å². The van der Waals surface area contributed by atoms with E-state index in [2.05, 4.69) is 4.90 Å². The second-order valence-corrected chi connectivity index (χ2v) is 5.21. The molecule has 0 radical (unpaired) electrons. The number of hydrogen-bond donors (Lipinski definition) is 1. The summed E-state index contributed by atoms with van der Waals surface area (Å²) in [6.07, 6.45) is 3.77. The van der Waals surface area contributed by atoms with E-state index in [1.165, 1.54) is 31.5 Å². The first-order valence-electron chi connectivity index (χ1n) is 6.55. The van der Waals surface area contributed by atoms with Crippen LogP contribution in [0, 0.1) is 5.92 Å². The van der Waals surface area contributed by atoms with Crippen molar-refractivity contribution >= 4 is 5.69 Å². The van der Waals surface area contributed by atoms with Crippen LogP contribution in [0.2, 0.25) is 0 Å². The first kappa shape index (κ1) is 10.9. The van der Waals surface area contributed by atoms with Gasteiger partial charge in [-0.3, -0.25) is 0 Å². The average molecular weight is 232 g/mol. The molecule has 0 spiro atoms. The molecule has 2 N–H and O–H groups in total. The van der Waals surface area contributed by atoms with Crippen LogP contribution in [0.5, 0.6) is 5.75 Å². The standard InChI is InChI=1S/C14H20N2O/c15-13-4-3-5-14-12(13)8-11(10-17-14)9-16-6-1-2-7-16/h3-5,11H,1-2,6-10,15H2. The number of benzene rings is 1. The fourth-order valence-electron chi connectivity index (χ4n) is 2.94. The number of fused-ring (bicyclic) bond motifs is 1. The van der Waals surface area contributed by atoms with E-state index < -0.39 is 0 Å². The maximum Gasteiger partial charge on any atom is 0.124 e. The van der Waals surface area contributed by atoms with E-state index in [9.17, 15) is 0 Å². The van der Waals surface area contributed by atoms with Gasteiger partial charge in [-0.15, -0.1) is 0 Å². The Morgan fingerprint density at radius 1 is 1.29 bits per heavy atom. The fourth-order valence-corrected chi connectivity index (χ4v) is 2.94. The van der Waals surface area contributed by atoms with Gasteiger partial charge in [-0.1, -0.05) is 6.07 Å². The van der Waals surface area contributed by atoms with Gasteiger partial charge in [-0.2, -0.15) is 0 Å². The summed E-state index contributed by atoms with van der Waals surface area (Å²) in [4.78, 5) is 2.55. The molecule has 0 bridgehead atoms. The second-order valence-electron chi connectivity index (χ2n) is 5.21. The Balaban J connectivity index is 1.69. The maximum atomic E-state index is 6.02. The molecule has 2 heterocycles. The van der Waals surface area contributed by atoms with Gasteiger partial charge in [0.05, 0.1) is 6.61 Å². The van der Waals surface area contributed by atoms with Gasteiger partial charge < -0.3 is 15.4 Å². The number of rotatable bonds is 2. The normalized spacial score (nSPS) is 24.4. The summed E-state index contributed by atoms with van der Waals surface area (Å²) < 4.78 is 5.82. The minimum Gasteiger partial charge on any atom is -0.493 e. The van der Waals surface area contributed by atoms with Gasteiger partial charge in [0.25, 0.3) is 0 Å². The van der Waals surface area contributed by atoms with Crippen LogP contribution in [0.25, 0.3) is 0 Å². The number of hydrogen-bond acceptors (Lipinski definition) is 3. The first-order chi connectivity index (χ1) is 8.33. The first-order valence-corrected chi connectivity index (χ1v) is 6.55. The van der Waals surface area contributed by atoms with Gasteiger partial charge in [-0.25, -0.2) is 0 Å². The molecule has 1 aromatic rings. The Bertz CT molecular complexity index is 399. The van der Waals surface area contributed by atoms with E-state index in [1.54, 1.807) is 0 Å². The minimum atomic E-state index is 0.602. The molecule has 0 aliphatic carbocycles. The van der Waals surface area contributed by atoms with Crippen molar-refractivity contribution in [1.82, 2.24) is 4.90 Å². The number of nitrogens with two attached hydrogens (primary N) is 1. The van der Waals surface area contributed by atoms with E-state index in [0.717, 1.165) is 31.0 Å². The number of ether oxygens (including phenoxy) is 1. The summed E-state index contributed by atoms with van der Waals surface area (Å²) >= 11 is 0. The number of likely N-dealkylation sites (tertiary alicyclic amines) is 1. The Morgan fingerprint density at radius 3 is 2.94 bits per heavy atom. The summed E-state index contributed by atoms with van der Waals surface area (Å²) in [5, 5.41) is 0. The lowest BCUT2D eigenvalue weighted by Gasteiger charge is -2.29. The molecular formula is C14H20N2O. The van der Waals surface area contributed by atoms with Crippen molar-refractivity contribution in [3.05, 3.63) is 23.8 Å². The number of anilines is 1. The van der Waals surface area contributed by atoms with Gasteiger partial charge in [0, 0.05) is 23.7 Å². The van der Waals surface area contributed by atoms with Crippen molar-refractivity contribution in [2.24, 2.45) is 5.92 Å². The molecule has 0 amide bonds. The second kappa shape index (κ2) is 4.57. The van der Waals surface area contributed by atoms with Crippen LogP contribution in [-0.4, -0.2) is 31.1 Å². The van der Waals surface area contributed by atoms with Crippen molar-refractivity contribution in [3.63, 3.8) is 0 Å². The van der Waals surface area contributed by atoms with Gasteiger partial charge in [-0.05, 0) is 44.5 Å². The maximum absolute atomic E-state index is 6.02. The van der Waals surface area contributed by atoms with Crippen LogP contribution >= 0.6 is 0 Å². The predicted octanol–water partition coefficient (Wildman–Crippen LogP) is 1.92. The van der Waals surface area contributed by atoms with E-state index in [0.29, 0.717) is 5.92 Å².